The van der Waals surface area contributed by atoms with Gasteiger partial charge in [-0.05, 0) is 273 Å². The van der Waals surface area contributed by atoms with E-state index in [1.165, 1.54) is 66.6 Å². The largest absolute Gasteiger partial charge is 0.573 e. The van der Waals surface area contributed by atoms with Crippen LogP contribution >= 0.6 is 58.0 Å². The van der Waals surface area contributed by atoms with Crippen LogP contribution in [0.15, 0.2) is 249 Å². The molecule has 3 atom stereocenters. The zero-order valence-corrected chi connectivity index (χ0v) is 84.9. The van der Waals surface area contributed by atoms with E-state index in [0.29, 0.717) is 120 Å². The van der Waals surface area contributed by atoms with Gasteiger partial charge in [-0.2, -0.15) is 13.2 Å². The number of benzene rings is 12. The molecule has 12 aromatic carbocycles. The summed E-state index contributed by atoms with van der Waals surface area (Å²) in [6.45, 7) is 13.3. The second-order valence-electron chi connectivity index (χ2n) is 37.1. The third-order valence-electron chi connectivity index (χ3n) is 26.6. The number of aliphatic hydroxyl groups excluding tert-OH is 4. The lowest BCUT2D eigenvalue weighted by Gasteiger charge is -2.34. The molecule has 0 bridgehead atoms. The Morgan fingerprint density at radius 2 is 0.869 bits per heavy atom. The van der Waals surface area contributed by atoms with E-state index in [2.05, 4.69) is 119 Å². The van der Waals surface area contributed by atoms with Gasteiger partial charge in [0.25, 0.3) is 0 Å². The first-order chi connectivity index (χ1) is 69.8. The van der Waals surface area contributed by atoms with Crippen molar-refractivity contribution in [2.75, 3.05) is 107 Å². The number of halogens is 11. The Balaban J connectivity index is 0.000000164. The summed E-state index contributed by atoms with van der Waals surface area (Å²) in [5.41, 5.74) is 16.8. The predicted octanol–water partition coefficient (Wildman–Crippen LogP) is 23.9. The minimum Gasteiger partial charge on any atom is -0.406 e. The summed E-state index contributed by atoms with van der Waals surface area (Å²) in [5, 5.41) is 52.7. The van der Waals surface area contributed by atoms with Gasteiger partial charge >= 0.3 is 12.5 Å². The minimum atomic E-state index is -4.77. The van der Waals surface area contributed by atoms with E-state index >= 15 is 0 Å². The number of alkyl halides is 6. The van der Waals surface area contributed by atoms with Crippen molar-refractivity contribution in [3.05, 3.63) is 324 Å². The molecule has 15 aromatic rings. The van der Waals surface area contributed by atoms with Crippen molar-refractivity contribution in [2.24, 2.45) is 5.92 Å². The highest BCUT2D eigenvalue weighted by Crippen LogP contribution is 2.41. The molecule has 21 nitrogen and oxygen atoms in total. The number of imidazole rings is 3. The van der Waals surface area contributed by atoms with E-state index in [-0.39, 0.29) is 85.6 Å². The highest BCUT2D eigenvalue weighted by atomic mass is 35.5. The number of aromatic nitrogens is 6. The number of hydrogen-bond donors (Lipinski definition) is 7. The lowest BCUT2D eigenvalue weighted by Crippen LogP contribution is -2.44. The van der Waals surface area contributed by atoms with Crippen LogP contribution < -0.4 is 35.4 Å². The number of carbonyl (C=O) groups excluding carboxylic acids is 3. The molecule has 3 aromatic heterocycles. The van der Waals surface area contributed by atoms with E-state index in [9.17, 15) is 61.2 Å². The Hall–Kier alpha value is -11.8. The van der Waals surface area contributed by atoms with E-state index < -0.39 is 18.1 Å². The summed E-state index contributed by atoms with van der Waals surface area (Å²) in [7, 11) is 2.13. The van der Waals surface area contributed by atoms with Gasteiger partial charge in [0.2, 0.25) is 0 Å². The van der Waals surface area contributed by atoms with Gasteiger partial charge in [-0.1, -0.05) is 168 Å². The summed E-state index contributed by atoms with van der Waals surface area (Å²) in [4.78, 5) is 60.8. The number of aliphatic hydroxyl groups is 4. The number of nitrogens with one attached hydrogen (secondary N) is 3. The number of fused-ring (bicyclic) bond motifs is 4. The lowest BCUT2D eigenvalue weighted by atomic mass is 9.89. The standard InChI is InChI=1S/C39H38Cl2N4O3.C37H37Cl2F3N4O4.C37H43ClF3N5O/c1-26(48)21-36(42-24-27-9-15-34(40)35(41)22-27)30-12-16-38-37(23-30)43-39(29-10-13-32(14-11-29)44(17-19-46)18-20-47)45(38)25-31-7-4-6-28-5-2-3-8-33(28)31;1-24(49)20-33(43-23-26-4-12-31(38)32(39)21-26)28-7-13-35-34(22-28)44-36(27-5-8-29(9-6-27)45(16-18-47)17-19-48)46(35)15-14-25-2-10-30(11-3-25)50-37(40,41)42;1-25(47)20-33(42-23-26-6-4-3-5-7-26)29-11-15-35-34(22-29)43-36(28-9-12-30(13-10-28)45-18-16-44(2)17-19-45)46(35)24-27-8-14-32(38)31(21-27)37(39,40)41/h2-16,22-23,36,42,46-47H,17-21,24-25H2,1H3;2-13,21-22,33,43,47-48H,14-20,23H2,1H3;8-15,21-22,26,33,42H,3-7,16-20,23-24H2,1-2H3. The van der Waals surface area contributed by atoms with Crippen LogP contribution in [0.1, 0.15) is 140 Å². The highest BCUT2D eigenvalue weighted by Gasteiger charge is 2.35. The number of Topliss-reactive ketones (excluding diaryl/α,β-unsaturated/α-hetero) is 3. The molecule has 17 rings (SSSR count). The van der Waals surface area contributed by atoms with Gasteiger partial charge < -0.3 is 74.4 Å². The average molecular weight is 2080 g/mol. The number of nitrogens with zero attached hydrogens (tertiary/aromatic N) is 10. The van der Waals surface area contributed by atoms with Gasteiger partial charge in [-0.15, -0.1) is 13.2 Å². The highest BCUT2D eigenvalue weighted by molar-refractivity contribution is 6.42. The molecule has 3 unspecified atom stereocenters. The predicted molar refractivity (Wildman–Crippen MR) is 569 cm³/mol. The van der Waals surface area contributed by atoms with Crippen molar-refractivity contribution in [1.29, 1.82) is 0 Å². The first-order valence-electron chi connectivity index (χ1n) is 48.7. The summed E-state index contributed by atoms with van der Waals surface area (Å²) in [6.07, 6.45) is -1.64. The first kappa shape index (κ1) is 107. The van der Waals surface area contributed by atoms with Gasteiger partial charge in [0.1, 0.15) is 40.6 Å². The first-order valence-corrected chi connectivity index (χ1v) is 50.6. The van der Waals surface area contributed by atoms with Crippen LogP contribution in [0.2, 0.25) is 25.1 Å². The van der Waals surface area contributed by atoms with Crippen molar-refractivity contribution in [2.45, 2.75) is 142 Å². The number of aryl methyl sites for hydroxylation is 2. The fourth-order valence-electron chi connectivity index (χ4n) is 19.1. The molecule has 1 saturated carbocycles. The van der Waals surface area contributed by atoms with Crippen LogP contribution in [0.25, 0.3) is 78.0 Å². The van der Waals surface area contributed by atoms with Crippen molar-refractivity contribution in [3.63, 3.8) is 0 Å². The lowest BCUT2D eigenvalue weighted by molar-refractivity contribution is -0.274. The zero-order valence-electron chi connectivity index (χ0n) is 81.1. The molecule has 760 valence electrons. The maximum atomic E-state index is 13.8. The molecular formula is C113H118Cl5F6N13O8. The quantitative estimate of drug-likeness (QED) is 0.0177. The molecule has 0 radical (unpaired) electrons. The van der Waals surface area contributed by atoms with Crippen LogP contribution in [0.4, 0.5) is 43.4 Å². The number of ketones is 3. The smallest absolute Gasteiger partial charge is 0.406 e. The minimum absolute atomic E-state index is 0.00215. The summed E-state index contributed by atoms with van der Waals surface area (Å²) < 4.78 is 89.7. The SMILES string of the molecule is CC(=O)CC(NCC1CCCCC1)c1ccc2c(c1)nc(-c1ccc(N3CCN(C)CC3)cc1)n2Cc1ccc(Cl)c(C(F)(F)F)c1.CC(=O)CC(NCc1ccc(Cl)c(Cl)c1)c1ccc2c(c1)nc(-c1ccc(N(CCO)CCO)cc1)n2CCc1ccc(OC(F)(F)F)cc1.CC(=O)CC(NCc1ccc(Cl)c(Cl)c1)c1ccc2c(c1)nc(-c1ccc(N(CCO)CCO)cc1)n2Cc1cccc2ccccc12. The normalized spacial score (nSPS) is 13.9. The fraction of sp³-hybridized carbons (Fsp3) is 0.327. The number of carbonyl (C=O) groups is 3. The summed E-state index contributed by atoms with van der Waals surface area (Å²) in [5.74, 6) is 2.72. The van der Waals surface area contributed by atoms with Gasteiger partial charge in [0.05, 0.1) is 96.7 Å². The van der Waals surface area contributed by atoms with Crippen LogP contribution in [0, 0.1) is 5.92 Å². The fourth-order valence-corrected chi connectivity index (χ4v) is 20.0. The van der Waals surface area contributed by atoms with Gasteiger partial charge in [0, 0.05) is 150 Å². The molecule has 4 heterocycles. The summed E-state index contributed by atoms with van der Waals surface area (Å²) >= 11 is 30.6. The van der Waals surface area contributed by atoms with E-state index in [1.54, 1.807) is 57.2 Å². The van der Waals surface area contributed by atoms with Gasteiger partial charge in [-0.3, -0.25) is 14.4 Å². The second kappa shape index (κ2) is 50.1. The Labute approximate surface area is 864 Å². The topological polar surface area (TPSA) is 244 Å². The number of hydrogen-bond acceptors (Lipinski definition) is 18. The Morgan fingerprint density at radius 1 is 0.441 bits per heavy atom. The average Bonchev–Trinajstić information content (AvgIpc) is 1.64. The van der Waals surface area contributed by atoms with Crippen LogP contribution in [0.3, 0.4) is 0 Å². The number of piperazine rings is 1. The zero-order chi connectivity index (χ0) is 103. The molecule has 7 N–H and O–H groups in total. The molecule has 1 aliphatic carbocycles. The van der Waals surface area contributed by atoms with Gasteiger partial charge in [-0.25, -0.2) is 15.0 Å². The molecule has 2 fully saturated rings. The van der Waals surface area contributed by atoms with E-state index in [0.717, 1.165) is 139 Å². The molecule has 145 heavy (non-hydrogen) atoms. The van der Waals surface area contributed by atoms with Crippen LogP contribution in [0.5, 0.6) is 5.75 Å². The molecular weight excluding hydrogens is 1960 g/mol. The number of rotatable bonds is 40. The van der Waals surface area contributed by atoms with Crippen LogP contribution in [-0.4, -0.2) is 170 Å². The molecule has 1 aliphatic heterocycles. The molecule has 2 aliphatic rings. The Bertz CT molecular complexity index is 6920. The Morgan fingerprint density at radius 3 is 1.33 bits per heavy atom. The van der Waals surface area contributed by atoms with Gasteiger partial charge in [0.15, 0.2) is 0 Å². The van der Waals surface area contributed by atoms with Crippen LogP contribution in [-0.2, 0) is 59.7 Å². The second-order valence-corrected chi connectivity index (χ2v) is 39.1. The maximum absolute atomic E-state index is 13.8. The molecule has 0 spiro atoms. The third-order valence-corrected chi connectivity index (χ3v) is 28.4. The number of likely N-dealkylation sites (N-methyl/N-ethyl adjacent to an activating group) is 1. The molecule has 0 amide bonds. The monoisotopic (exact) mass is 2070 g/mol. The van der Waals surface area contributed by atoms with Crippen molar-refractivity contribution in [1.82, 2.24) is 49.5 Å². The maximum Gasteiger partial charge on any atom is 0.573 e. The summed E-state index contributed by atoms with van der Waals surface area (Å²) in [6, 6.07) is 77.1. The number of anilines is 3. The molecule has 32 heteroatoms. The van der Waals surface area contributed by atoms with Crippen molar-refractivity contribution < 1.29 is 65.9 Å². The molecule has 1 saturated heterocycles. The van der Waals surface area contributed by atoms with E-state index in [1.807, 2.05) is 130 Å². The number of ether oxygens (including phenoxy) is 1. The van der Waals surface area contributed by atoms with Crippen molar-refractivity contribution >= 4 is 136 Å². The third kappa shape index (κ3) is 28.6. The van der Waals surface area contributed by atoms with E-state index in [4.69, 9.17) is 73.0 Å². The Kier molecular flexibility index (Phi) is 37.1. The van der Waals surface area contributed by atoms with Crippen molar-refractivity contribution in [3.8, 4) is 39.9 Å².